The first-order chi connectivity index (χ1) is 8.40. The number of nitriles is 1. The van der Waals surface area contributed by atoms with Gasteiger partial charge in [0.15, 0.2) is 5.65 Å². The van der Waals surface area contributed by atoms with Gasteiger partial charge in [0.25, 0.3) is 5.56 Å². The highest BCUT2D eigenvalue weighted by Crippen LogP contribution is 2.29. The SMILES string of the molecule is CCc1c(C(F)(F)F)[nH]c2c(C#N)cnn2c1=O. The van der Waals surface area contributed by atoms with Gasteiger partial charge in [0.2, 0.25) is 0 Å². The molecular weight excluding hydrogens is 249 g/mol. The van der Waals surface area contributed by atoms with E-state index in [1.165, 1.54) is 6.92 Å². The number of H-pyrrole nitrogens is 1. The Morgan fingerprint density at radius 1 is 1.56 bits per heavy atom. The molecule has 0 aliphatic heterocycles. The fraction of sp³-hybridized carbons (Fsp3) is 0.300. The van der Waals surface area contributed by atoms with Crippen LogP contribution in [0.2, 0.25) is 0 Å². The van der Waals surface area contributed by atoms with Gasteiger partial charge in [0.05, 0.1) is 6.20 Å². The smallest absolute Gasteiger partial charge is 0.335 e. The molecule has 1 N–H and O–H groups in total. The largest absolute Gasteiger partial charge is 0.431 e. The number of alkyl halides is 3. The van der Waals surface area contributed by atoms with Gasteiger partial charge in [-0.1, -0.05) is 6.92 Å². The van der Waals surface area contributed by atoms with Gasteiger partial charge < -0.3 is 4.98 Å². The summed E-state index contributed by atoms with van der Waals surface area (Å²) in [7, 11) is 0. The summed E-state index contributed by atoms with van der Waals surface area (Å²) in [6, 6.07) is 1.67. The third kappa shape index (κ3) is 1.64. The summed E-state index contributed by atoms with van der Waals surface area (Å²) in [6.45, 7) is 1.44. The van der Waals surface area contributed by atoms with Gasteiger partial charge in [0.1, 0.15) is 17.3 Å². The van der Waals surface area contributed by atoms with Crippen LogP contribution < -0.4 is 5.56 Å². The lowest BCUT2D eigenvalue weighted by molar-refractivity contribution is -0.141. The van der Waals surface area contributed by atoms with E-state index in [2.05, 4.69) is 10.1 Å². The van der Waals surface area contributed by atoms with E-state index < -0.39 is 23.0 Å². The van der Waals surface area contributed by atoms with Crippen LogP contribution in [-0.2, 0) is 12.6 Å². The van der Waals surface area contributed by atoms with Crippen LogP contribution in [0.4, 0.5) is 13.2 Å². The van der Waals surface area contributed by atoms with Crippen LogP contribution in [0.1, 0.15) is 23.7 Å². The van der Waals surface area contributed by atoms with Crippen LogP contribution >= 0.6 is 0 Å². The van der Waals surface area contributed by atoms with E-state index in [4.69, 9.17) is 5.26 Å². The van der Waals surface area contributed by atoms with Gasteiger partial charge in [-0.3, -0.25) is 4.79 Å². The molecule has 2 rings (SSSR count). The Morgan fingerprint density at radius 2 is 2.22 bits per heavy atom. The van der Waals surface area contributed by atoms with Gasteiger partial charge in [-0.05, 0) is 6.42 Å². The highest BCUT2D eigenvalue weighted by atomic mass is 19.4. The van der Waals surface area contributed by atoms with Gasteiger partial charge >= 0.3 is 6.18 Å². The van der Waals surface area contributed by atoms with Crippen molar-refractivity contribution in [1.29, 1.82) is 5.26 Å². The molecule has 2 heterocycles. The Morgan fingerprint density at radius 3 is 2.72 bits per heavy atom. The van der Waals surface area contributed by atoms with Crippen molar-refractivity contribution in [2.75, 3.05) is 0 Å². The van der Waals surface area contributed by atoms with E-state index >= 15 is 0 Å². The minimum atomic E-state index is -4.68. The number of hydrogen-bond acceptors (Lipinski definition) is 3. The summed E-state index contributed by atoms with van der Waals surface area (Å²) in [5, 5.41) is 12.3. The van der Waals surface area contributed by atoms with Gasteiger partial charge in [-0.2, -0.15) is 28.0 Å². The molecule has 0 atom stereocenters. The molecule has 18 heavy (non-hydrogen) atoms. The Hall–Kier alpha value is -2.30. The number of halogens is 3. The maximum atomic E-state index is 12.8. The van der Waals surface area contributed by atoms with Crippen molar-refractivity contribution in [1.82, 2.24) is 14.6 Å². The van der Waals surface area contributed by atoms with Gasteiger partial charge in [0, 0.05) is 5.56 Å². The van der Waals surface area contributed by atoms with Crippen molar-refractivity contribution in [3.63, 3.8) is 0 Å². The third-order valence-electron chi connectivity index (χ3n) is 2.52. The predicted octanol–water partition coefficient (Wildman–Crippen LogP) is 1.48. The molecule has 0 aliphatic carbocycles. The lowest BCUT2D eigenvalue weighted by atomic mass is 10.1. The predicted molar refractivity (Wildman–Crippen MR) is 54.9 cm³/mol. The average molecular weight is 256 g/mol. The molecule has 0 aromatic carbocycles. The molecule has 8 heteroatoms. The second-order valence-electron chi connectivity index (χ2n) is 3.57. The summed E-state index contributed by atoms with van der Waals surface area (Å²) in [4.78, 5) is 13.9. The standard InChI is InChI=1S/C10H7F3N4O/c1-2-6-7(10(11,12)13)16-8-5(3-14)4-15-17(8)9(6)18/h4,16H,2H2,1H3. The summed E-state index contributed by atoms with van der Waals surface area (Å²) in [5.74, 6) is 0. The van der Waals surface area contributed by atoms with E-state index in [0.29, 0.717) is 0 Å². The molecule has 94 valence electrons. The van der Waals surface area contributed by atoms with Crippen LogP contribution in [0.15, 0.2) is 11.0 Å². The van der Waals surface area contributed by atoms with Crippen molar-refractivity contribution >= 4 is 5.65 Å². The lowest BCUT2D eigenvalue weighted by Crippen LogP contribution is -2.26. The summed E-state index contributed by atoms with van der Waals surface area (Å²) >= 11 is 0. The van der Waals surface area contributed by atoms with Crippen LogP contribution in [0.25, 0.3) is 5.65 Å². The summed E-state index contributed by atoms with van der Waals surface area (Å²) in [5.41, 5.74) is -2.74. The normalized spacial score (nSPS) is 11.7. The number of nitrogens with one attached hydrogen (secondary N) is 1. The number of fused-ring (bicyclic) bond motifs is 1. The molecule has 0 radical (unpaired) electrons. The quantitative estimate of drug-likeness (QED) is 0.839. The number of aromatic nitrogens is 3. The van der Waals surface area contributed by atoms with E-state index in [1.54, 1.807) is 6.07 Å². The molecule has 0 saturated carbocycles. The fourth-order valence-corrected chi connectivity index (χ4v) is 1.70. The minimum absolute atomic E-state index is 0.0815. The van der Waals surface area contributed by atoms with Crippen molar-refractivity contribution in [3.05, 3.63) is 33.4 Å². The molecule has 5 nitrogen and oxygen atoms in total. The lowest BCUT2D eigenvalue weighted by Gasteiger charge is -2.11. The zero-order chi connectivity index (χ0) is 13.5. The van der Waals surface area contributed by atoms with Crippen LogP contribution in [0.3, 0.4) is 0 Å². The van der Waals surface area contributed by atoms with Crippen LogP contribution in [0, 0.1) is 11.3 Å². The highest BCUT2D eigenvalue weighted by molar-refractivity contribution is 5.54. The van der Waals surface area contributed by atoms with E-state index in [9.17, 15) is 18.0 Å². The zero-order valence-corrected chi connectivity index (χ0v) is 9.17. The van der Waals surface area contributed by atoms with E-state index in [1.807, 2.05) is 0 Å². The Bertz CT molecular complexity index is 705. The molecule has 0 aliphatic rings. The molecule has 0 amide bonds. The van der Waals surface area contributed by atoms with Crippen molar-refractivity contribution in [2.45, 2.75) is 19.5 Å². The molecule has 2 aromatic rings. The molecule has 0 spiro atoms. The molecule has 0 bridgehead atoms. The Balaban J connectivity index is 2.95. The third-order valence-corrected chi connectivity index (χ3v) is 2.52. The molecular formula is C10H7F3N4O. The van der Waals surface area contributed by atoms with Gasteiger partial charge in [-0.15, -0.1) is 0 Å². The first kappa shape index (κ1) is 12.2. The first-order valence-corrected chi connectivity index (χ1v) is 5.00. The second-order valence-corrected chi connectivity index (χ2v) is 3.57. The van der Waals surface area contributed by atoms with Gasteiger partial charge in [-0.25, -0.2) is 0 Å². The van der Waals surface area contributed by atoms with Crippen molar-refractivity contribution < 1.29 is 13.2 Å². The second kappa shape index (κ2) is 3.87. The van der Waals surface area contributed by atoms with Crippen LogP contribution in [-0.4, -0.2) is 14.6 Å². The Kier molecular flexibility index (Phi) is 2.62. The summed E-state index contributed by atoms with van der Waals surface area (Å²) in [6.07, 6.45) is -3.71. The topological polar surface area (TPSA) is 73.9 Å². The van der Waals surface area contributed by atoms with Crippen LogP contribution in [0.5, 0.6) is 0 Å². The van der Waals surface area contributed by atoms with E-state index in [-0.39, 0.29) is 17.6 Å². The first-order valence-electron chi connectivity index (χ1n) is 5.00. The molecule has 2 aromatic heterocycles. The van der Waals surface area contributed by atoms with Crippen molar-refractivity contribution in [3.8, 4) is 6.07 Å². The monoisotopic (exact) mass is 256 g/mol. The molecule has 0 fully saturated rings. The molecule has 0 unspecified atom stereocenters. The fourth-order valence-electron chi connectivity index (χ4n) is 1.70. The zero-order valence-electron chi connectivity index (χ0n) is 9.17. The Labute approximate surface area is 98.5 Å². The maximum absolute atomic E-state index is 12.8. The van der Waals surface area contributed by atoms with Crippen molar-refractivity contribution in [2.24, 2.45) is 0 Å². The average Bonchev–Trinajstić information content (AvgIpc) is 2.71. The highest BCUT2D eigenvalue weighted by Gasteiger charge is 2.36. The number of rotatable bonds is 1. The number of aromatic amines is 1. The number of hydrogen-bond donors (Lipinski definition) is 1. The van der Waals surface area contributed by atoms with E-state index in [0.717, 1.165) is 10.7 Å². The summed E-state index contributed by atoms with van der Waals surface area (Å²) < 4.78 is 39.2. The molecule has 0 saturated heterocycles. The maximum Gasteiger partial charge on any atom is 0.431 e. The number of nitrogens with zero attached hydrogens (tertiary/aromatic N) is 3. The minimum Gasteiger partial charge on any atom is -0.335 e.